The van der Waals surface area contributed by atoms with Crippen molar-refractivity contribution < 1.29 is 0 Å². The average Bonchev–Trinajstić information content (AvgIpc) is 3.36. The number of para-hydroxylation sites is 2. The van der Waals surface area contributed by atoms with Crippen LogP contribution in [0.3, 0.4) is 0 Å². The number of hydrogen-bond donors (Lipinski definition) is 0. The van der Waals surface area contributed by atoms with Gasteiger partial charge in [-0.1, -0.05) is 60.7 Å². The molecular formula is C26H18N2. The molecular weight excluding hydrogens is 340 g/mol. The minimum absolute atomic E-state index is 0.273. The lowest BCUT2D eigenvalue weighted by Crippen LogP contribution is -1.99. The van der Waals surface area contributed by atoms with Crippen molar-refractivity contribution in [1.29, 1.82) is 0 Å². The molecule has 1 atom stereocenters. The van der Waals surface area contributed by atoms with Crippen LogP contribution >= 0.6 is 0 Å². The van der Waals surface area contributed by atoms with Crippen LogP contribution in [0, 0.1) is 0 Å². The van der Waals surface area contributed by atoms with Crippen LogP contribution in [0.1, 0.15) is 11.5 Å². The number of rotatable bonds is 2. The molecule has 0 saturated carbocycles. The van der Waals surface area contributed by atoms with Gasteiger partial charge in [-0.05, 0) is 42.0 Å². The number of nitrogens with zero attached hydrogens (tertiary/aromatic N) is 2. The zero-order chi connectivity index (χ0) is 18.5. The number of allylic oxidation sites excluding steroid dienone is 4. The number of benzene rings is 3. The third kappa shape index (κ3) is 2.25. The molecule has 3 aromatic carbocycles. The molecule has 1 aliphatic heterocycles. The monoisotopic (exact) mass is 358 g/mol. The Balaban J connectivity index is 1.46. The second-order valence-electron chi connectivity index (χ2n) is 7.30. The normalized spacial score (nSPS) is 17.8. The fraction of sp³-hybridized carbons (Fsp3) is 0.0385. The molecule has 1 aliphatic carbocycles. The van der Waals surface area contributed by atoms with E-state index in [1.807, 2.05) is 6.21 Å². The highest BCUT2D eigenvalue weighted by Gasteiger charge is 2.16. The van der Waals surface area contributed by atoms with Crippen molar-refractivity contribution in [2.75, 3.05) is 0 Å². The fourth-order valence-corrected chi connectivity index (χ4v) is 4.32. The van der Waals surface area contributed by atoms with Crippen LogP contribution in [0.2, 0.25) is 0 Å². The summed E-state index contributed by atoms with van der Waals surface area (Å²) in [5.74, 6) is 0.273. The van der Waals surface area contributed by atoms with Crippen LogP contribution in [0.25, 0.3) is 27.5 Å². The average molecular weight is 358 g/mol. The van der Waals surface area contributed by atoms with Gasteiger partial charge in [-0.15, -0.1) is 0 Å². The molecule has 4 aromatic rings. The summed E-state index contributed by atoms with van der Waals surface area (Å²) in [4.78, 5) is 4.45. The summed E-state index contributed by atoms with van der Waals surface area (Å²) in [6.07, 6.45) is 10.6. The summed E-state index contributed by atoms with van der Waals surface area (Å²) in [5.41, 5.74) is 7.25. The SMILES string of the molecule is C1=CC(c2ccc(-n3c4ccccc4c4ccccc43)cc2)C=C2N=CC=C12. The van der Waals surface area contributed by atoms with Crippen LogP contribution in [0.4, 0.5) is 0 Å². The molecule has 2 heterocycles. The van der Waals surface area contributed by atoms with Gasteiger partial charge >= 0.3 is 0 Å². The predicted octanol–water partition coefficient (Wildman–Crippen LogP) is 6.33. The molecule has 0 saturated heterocycles. The lowest BCUT2D eigenvalue weighted by atomic mass is 9.91. The van der Waals surface area contributed by atoms with Crippen molar-refractivity contribution in [3.8, 4) is 5.69 Å². The van der Waals surface area contributed by atoms with Gasteiger partial charge in [0.25, 0.3) is 0 Å². The molecule has 1 aromatic heterocycles. The lowest BCUT2D eigenvalue weighted by molar-refractivity contribution is 1.03. The molecule has 132 valence electrons. The Morgan fingerprint density at radius 3 is 2.14 bits per heavy atom. The van der Waals surface area contributed by atoms with E-state index in [2.05, 4.69) is 107 Å². The maximum Gasteiger partial charge on any atom is 0.0671 e. The van der Waals surface area contributed by atoms with Gasteiger partial charge in [0.15, 0.2) is 0 Å². The Labute approximate surface area is 163 Å². The molecule has 28 heavy (non-hydrogen) atoms. The second-order valence-corrected chi connectivity index (χ2v) is 7.30. The van der Waals surface area contributed by atoms with Gasteiger partial charge in [0, 0.05) is 34.2 Å². The molecule has 2 aliphatic rings. The maximum atomic E-state index is 4.45. The number of aromatic nitrogens is 1. The Hall–Kier alpha value is -3.65. The first-order chi connectivity index (χ1) is 13.9. The quantitative estimate of drug-likeness (QED) is 0.398. The zero-order valence-corrected chi connectivity index (χ0v) is 15.3. The summed E-state index contributed by atoms with van der Waals surface area (Å²) < 4.78 is 2.35. The van der Waals surface area contributed by atoms with Gasteiger partial charge in [0.2, 0.25) is 0 Å². The van der Waals surface area contributed by atoms with Gasteiger partial charge in [0.05, 0.1) is 16.7 Å². The Kier molecular flexibility index (Phi) is 3.26. The highest BCUT2D eigenvalue weighted by molar-refractivity contribution is 6.09. The minimum atomic E-state index is 0.273. The van der Waals surface area contributed by atoms with Gasteiger partial charge in [-0.3, -0.25) is 4.99 Å². The van der Waals surface area contributed by atoms with Crippen LogP contribution in [0.5, 0.6) is 0 Å². The third-order valence-corrected chi connectivity index (χ3v) is 5.70. The fourth-order valence-electron chi connectivity index (χ4n) is 4.32. The highest BCUT2D eigenvalue weighted by Crippen LogP contribution is 2.34. The van der Waals surface area contributed by atoms with E-state index in [4.69, 9.17) is 0 Å². The molecule has 0 N–H and O–H groups in total. The van der Waals surface area contributed by atoms with E-state index in [0.29, 0.717) is 0 Å². The Morgan fingerprint density at radius 1 is 0.750 bits per heavy atom. The van der Waals surface area contributed by atoms with Gasteiger partial charge < -0.3 is 4.57 Å². The molecule has 2 nitrogen and oxygen atoms in total. The Bertz CT molecular complexity index is 1290. The summed E-state index contributed by atoms with van der Waals surface area (Å²) >= 11 is 0. The second kappa shape index (κ2) is 5.93. The molecule has 0 fully saturated rings. The smallest absolute Gasteiger partial charge is 0.0671 e. The highest BCUT2D eigenvalue weighted by atomic mass is 15.0. The van der Waals surface area contributed by atoms with Gasteiger partial charge in [-0.25, -0.2) is 0 Å². The van der Waals surface area contributed by atoms with Crippen molar-refractivity contribution in [3.05, 3.63) is 114 Å². The van der Waals surface area contributed by atoms with Crippen LogP contribution in [-0.2, 0) is 0 Å². The summed E-state index contributed by atoms with van der Waals surface area (Å²) in [6, 6.07) is 26.2. The van der Waals surface area contributed by atoms with E-state index in [-0.39, 0.29) is 5.92 Å². The standard InChI is InChI=1S/C26H18N2/c1-3-7-25-22(5-1)23-6-2-4-8-26(23)28(25)21-13-11-18(12-14-21)20-10-9-19-15-16-27-24(19)17-20/h1-17,20H. The van der Waals surface area contributed by atoms with Crippen LogP contribution in [0.15, 0.2) is 113 Å². The van der Waals surface area contributed by atoms with E-state index in [1.54, 1.807) is 0 Å². The van der Waals surface area contributed by atoms with Crippen molar-refractivity contribution >= 4 is 28.0 Å². The van der Waals surface area contributed by atoms with Crippen molar-refractivity contribution in [2.45, 2.75) is 5.92 Å². The number of aliphatic imine (C=N–C) groups is 1. The third-order valence-electron chi connectivity index (χ3n) is 5.70. The molecule has 0 spiro atoms. The lowest BCUT2D eigenvalue weighted by Gasteiger charge is -2.15. The first-order valence-electron chi connectivity index (χ1n) is 9.62. The van der Waals surface area contributed by atoms with E-state index in [0.717, 1.165) is 5.70 Å². The number of fused-ring (bicyclic) bond motifs is 4. The topological polar surface area (TPSA) is 17.3 Å². The molecule has 0 amide bonds. The van der Waals surface area contributed by atoms with E-state index < -0.39 is 0 Å². The summed E-state index contributed by atoms with van der Waals surface area (Å²) in [6.45, 7) is 0. The predicted molar refractivity (Wildman–Crippen MR) is 117 cm³/mol. The summed E-state index contributed by atoms with van der Waals surface area (Å²) in [5, 5.41) is 2.58. The molecule has 0 radical (unpaired) electrons. The number of hydrogen-bond acceptors (Lipinski definition) is 1. The minimum Gasteiger partial charge on any atom is -0.309 e. The molecule has 6 rings (SSSR count). The Morgan fingerprint density at radius 2 is 1.43 bits per heavy atom. The van der Waals surface area contributed by atoms with E-state index >= 15 is 0 Å². The van der Waals surface area contributed by atoms with Crippen molar-refractivity contribution in [3.63, 3.8) is 0 Å². The molecule has 2 heteroatoms. The van der Waals surface area contributed by atoms with Crippen LogP contribution in [-0.4, -0.2) is 10.8 Å². The van der Waals surface area contributed by atoms with E-state index in [1.165, 1.54) is 38.6 Å². The first kappa shape index (κ1) is 15.4. The van der Waals surface area contributed by atoms with Crippen LogP contribution < -0.4 is 0 Å². The summed E-state index contributed by atoms with van der Waals surface area (Å²) in [7, 11) is 0. The maximum absolute atomic E-state index is 4.45. The first-order valence-corrected chi connectivity index (χ1v) is 9.62. The molecule has 0 bridgehead atoms. The van der Waals surface area contributed by atoms with Gasteiger partial charge in [-0.2, -0.15) is 0 Å². The van der Waals surface area contributed by atoms with Crippen molar-refractivity contribution in [2.24, 2.45) is 4.99 Å². The zero-order valence-electron chi connectivity index (χ0n) is 15.3. The van der Waals surface area contributed by atoms with Crippen molar-refractivity contribution in [1.82, 2.24) is 4.57 Å². The largest absolute Gasteiger partial charge is 0.309 e. The van der Waals surface area contributed by atoms with E-state index in [9.17, 15) is 0 Å². The van der Waals surface area contributed by atoms with Gasteiger partial charge in [0.1, 0.15) is 0 Å². The molecule has 1 unspecified atom stereocenters.